The van der Waals surface area contributed by atoms with Gasteiger partial charge in [0.2, 0.25) is 5.16 Å². The molecule has 0 aliphatic heterocycles. The highest BCUT2D eigenvalue weighted by atomic mass is 32.2. The maximum atomic E-state index is 8.70. The Hall–Kier alpha value is -1.53. The fourth-order valence-corrected chi connectivity index (χ4v) is 2.14. The SMILES string of the molecule is COc1ccc(-c2nc(SCCCO)n[nH]2)cc1. The molecule has 0 amide bonds. The lowest BCUT2D eigenvalue weighted by Crippen LogP contribution is -1.86. The third-order valence-corrected chi connectivity index (χ3v) is 3.30. The monoisotopic (exact) mass is 265 g/mol. The molecule has 0 saturated carbocycles. The predicted octanol–water partition coefficient (Wildman–Crippen LogP) is 1.95. The summed E-state index contributed by atoms with van der Waals surface area (Å²) in [5, 5.41) is 16.4. The van der Waals surface area contributed by atoms with E-state index < -0.39 is 0 Å². The second-order valence-electron chi connectivity index (χ2n) is 3.62. The van der Waals surface area contributed by atoms with Crippen LogP contribution in [-0.4, -0.2) is 39.8 Å². The van der Waals surface area contributed by atoms with Crippen molar-refractivity contribution in [3.8, 4) is 17.1 Å². The van der Waals surface area contributed by atoms with Crippen LogP contribution in [0.25, 0.3) is 11.4 Å². The summed E-state index contributed by atoms with van der Waals surface area (Å²) in [4.78, 5) is 4.38. The van der Waals surface area contributed by atoms with Crippen LogP contribution in [0.2, 0.25) is 0 Å². The summed E-state index contributed by atoms with van der Waals surface area (Å²) in [6.45, 7) is 0.197. The zero-order valence-corrected chi connectivity index (χ0v) is 10.9. The van der Waals surface area contributed by atoms with Gasteiger partial charge in [-0.25, -0.2) is 4.98 Å². The molecule has 0 atom stereocenters. The second-order valence-corrected chi connectivity index (χ2v) is 4.68. The lowest BCUT2D eigenvalue weighted by Gasteiger charge is -1.99. The van der Waals surface area contributed by atoms with Crippen molar-refractivity contribution in [3.05, 3.63) is 24.3 Å². The molecule has 2 rings (SSSR count). The first-order chi connectivity index (χ1) is 8.83. The zero-order chi connectivity index (χ0) is 12.8. The molecule has 0 aliphatic rings. The molecule has 96 valence electrons. The van der Waals surface area contributed by atoms with Crippen LogP contribution in [0, 0.1) is 0 Å². The topological polar surface area (TPSA) is 71.0 Å². The number of thioether (sulfide) groups is 1. The van der Waals surface area contributed by atoms with Gasteiger partial charge in [0.25, 0.3) is 0 Å². The number of aromatic amines is 1. The molecular formula is C12H15N3O2S. The van der Waals surface area contributed by atoms with Crippen LogP contribution in [-0.2, 0) is 0 Å². The molecule has 0 fully saturated rings. The molecule has 1 aromatic carbocycles. The maximum Gasteiger partial charge on any atom is 0.208 e. The summed E-state index contributed by atoms with van der Waals surface area (Å²) < 4.78 is 5.10. The molecule has 2 N–H and O–H groups in total. The number of aliphatic hydroxyl groups is 1. The molecule has 2 aromatic rings. The molecule has 0 saturated heterocycles. The van der Waals surface area contributed by atoms with Crippen molar-refractivity contribution >= 4 is 11.8 Å². The number of benzene rings is 1. The first-order valence-electron chi connectivity index (χ1n) is 5.64. The standard InChI is InChI=1S/C12H15N3O2S/c1-17-10-5-3-9(4-6-10)11-13-12(15-14-11)18-8-2-7-16/h3-6,16H,2,7-8H2,1H3,(H,13,14,15). The van der Waals surface area contributed by atoms with E-state index in [1.807, 2.05) is 24.3 Å². The van der Waals surface area contributed by atoms with Crippen molar-refractivity contribution < 1.29 is 9.84 Å². The van der Waals surface area contributed by atoms with Crippen molar-refractivity contribution in [3.63, 3.8) is 0 Å². The Morgan fingerprint density at radius 3 is 2.78 bits per heavy atom. The van der Waals surface area contributed by atoms with Crippen molar-refractivity contribution in [1.29, 1.82) is 0 Å². The van der Waals surface area contributed by atoms with Crippen molar-refractivity contribution in [2.24, 2.45) is 0 Å². The fraction of sp³-hybridized carbons (Fsp3) is 0.333. The summed E-state index contributed by atoms with van der Waals surface area (Å²) in [7, 11) is 1.64. The van der Waals surface area contributed by atoms with Gasteiger partial charge in [0.05, 0.1) is 7.11 Å². The summed E-state index contributed by atoms with van der Waals surface area (Å²) >= 11 is 1.53. The zero-order valence-electron chi connectivity index (χ0n) is 10.1. The van der Waals surface area contributed by atoms with Crippen LogP contribution in [0.1, 0.15) is 6.42 Å². The molecular weight excluding hydrogens is 250 g/mol. The minimum absolute atomic E-state index is 0.197. The fourth-order valence-electron chi connectivity index (χ4n) is 1.42. The molecule has 5 nitrogen and oxygen atoms in total. The molecule has 0 spiro atoms. The normalized spacial score (nSPS) is 10.6. The lowest BCUT2D eigenvalue weighted by atomic mass is 10.2. The number of rotatable bonds is 6. The molecule has 0 unspecified atom stereocenters. The van der Waals surface area contributed by atoms with Gasteiger partial charge in [0.15, 0.2) is 5.82 Å². The number of nitrogens with zero attached hydrogens (tertiary/aromatic N) is 2. The first-order valence-corrected chi connectivity index (χ1v) is 6.62. The van der Waals surface area contributed by atoms with Crippen LogP contribution < -0.4 is 4.74 Å². The Morgan fingerprint density at radius 2 is 2.11 bits per heavy atom. The average molecular weight is 265 g/mol. The minimum atomic E-state index is 0.197. The molecule has 1 heterocycles. The van der Waals surface area contributed by atoms with Crippen LogP contribution in [0.3, 0.4) is 0 Å². The Labute approximate surface area is 110 Å². The molecule has 1 aromatic heterocycles. The highest BCUT2D eigenvalue weighted by Gasteiger charge is 2.06. The number of H-pyrrole nitrogens is 1. The number of aliphatic hydroxyl groups excluding tert-OH is 1. The van der Waals surface area contributed by atoms with Gasteiger partial charge in [0.1, 0.15) is 5.75 Å². The van der Waals surface area contributed by atoms with Gasteiger partial charge in [0, 0.05) is 17.9 Å². The number of hydrogen-bond acceptors (Lipinski definition) is 5. The largest absolute Gasteiger partial charge is 0.497 e. The van der Waals surface area contributed by atoms with Crippen LogP contribution >= 0.6 is 11.8 Å². The average Bonchev–Trinajstić information content (AvgIpc) is 2.88. The van der Waals surface area contributed by atoms with E-state index in [-0.39, 0.29) is 6.61 Å². The third-order valence-electron chi connectivity index (χ3n) is 2.36. The second kappa shape index (κ2) is 6.42. The summed E-state index contributed by atoms with van der Waals surface area (Å²) in [6, 6.07) is 7.63. The summed E-state index contributed by atoms with van der Waals surface area (Å²) in [5.41, 5.74) is 0.970. The smallest absolute Gasteiger partial charge is 0.208 e. The van der Waals surface area contributed by atoms with Gasteiger partial charge in [-0.3, -0.25) is 5.10 Å². The highest BCUT2D eigenvalue weighted by Crippen LogP contribution is 2.21. The van der Waals surface area contributed by atoms with Crippen LogP contribution in [0.4, 0.5) is 0 Å². The van der Waals surface area contributed by atoms with Gasteiger partial charge in [-0.05, 0) is 30.7 Å². The predicted molar refractivity (Wildman–Crippen MR) is 70.8 cm³/mol. The number of nitrogens with one attached hydrogen (secondary N) is 1. The molecule has 6 heteroatoms. The highest BCUT2D eigenvalue weighted by molar-refractivity contribution is 7.99. The van der Waals surface area contributed by atoms with E-state index in [1.165, 1.54) is 11.8 Å². The van der Waals surface area contributed by atoms with Gasteiger partial charge in [-0.2, -0.15) is 0 Å². The Balaban J connectivity index is 2.04. The van der Waals surface area contributed by atoms with Crippen molar-refractivity contribution in [1.82, 2.24) is 15.2 Å². The van der Waals surface area contributed by atoms with Crippen molar-refractivity contribution in [2.45, 2.75) is 11.6 Å². The Bertz CT molecular complexity index is 484. The van der Waals surface area contributed by atoms with Gasteiger partial charge in [-0.1, -0.05) is 11.8 Å². The van der Waals surface area contributed by atoms with Gasteiger partial charge in [-0.15, -0.1) is 5.10 Å². The van der Waals surface area contributed by atoms with E-state index in [0.29, 0.717) is 5.16 Å². The Morgan fingerprint density at radius 1 is 1.33 bits per heavy atom. The maximum absolute atomic E-state index is 8.70. The Kier molecular flexibility index (Phi) is 4.60. The molecule has 0 aliphatic carbocycles. The molecule has 0 radical (unpaired) electrons. The van der Waals surface area contributed by atoms with Crippen molar-refractivity contribution in [2.75, 3.05) is 19.5 Å². The minimum Gasteiger partial charge on any atom is -0.497 e. The summed E-state index contributed by atoms with van der Waals surface area (Å²) in [5.74, 6) is 2.37. The lowest BCUT2D eigenvalue weighted by molar-refractivity contribution is 0.296. The van der Waals surface area contributed by atoms with E-state index in [9.17, 15) is 0 Å². The van der Waals surface area contributed by atoms with E-state index >= 15 is 0 Å². The van der Waals surface area contributed by atoms with Gasteiger partial charge >= 0.3 is 0 Å². The quantitative estimate of drug-likeness (QED) is 0.617. The number of methoxy groups -OCH3 is 1. The first kappa shape index (κ1) is 12.9. The number of ether oxygens (including phenoxy) is 1. The number of aromatic nitrogens is 3. The van der Waals surface area contributed by atoms with Crippen LogP contribution in [0.5, 0.6) is 5.75 Å². The summed E-state index contributed by atoms with van der Waals surface area (Å²) in [6.07, 6.45) is 0.747. The van der Waals surface area contributed by atoms with E-state index in [2.05, 4.69) is 15.2 Å². The van der Waals surface area contributed by atoms with E-state index in [0.717, 1.165) is 29.3 Å². The van der Waals surface area contributed by atoms with Gasteiger partial charge < -0.3 is 9.84 Å². The van der Waals surface area contributed by atoms with Crippen LogP contribution in [0.15, 0.2) is 29.4 Å². The molecule has 18 heavy (non-hydrogen) atoms. The van der Waals surface area contributed by atoms with E-state index in [4.69, 9.17) is 9.84 Å². The molecule has 0 bridgehead atoms. The number of hydrogen-bond donors (Lipinski definition) is 2. The third kappa shape index (κ3) is 3.24. The van der Waals surface area contributed by atoms with E-state index in [1.54, 1.807) is 7.11 Å².